The Balaban J connectivity index is 1.22. The maximum absolute atomic E-state index is 12.7. The van der Waals surface area contributed by atoms with Gasteiger partial charge in [-0.3, -0.25) is 9.69 Å². The topological polar surface area (TPSA) is 35.6 Å². The molecule has 1 amide bonds. The molecule has 4 rings (SSSR count). The summed E-state index contributed by atoms with van der Waals surface area (Å²) in [6, 6.07) is 9.42. The van der Waals surface area contributed by atoms with E-state index in [1.165, 1.54) is 31.2 Å². The lowest BCUT2D eigenvalue weighted by Crippen LogP contribution is -2.49. The molecule has 3 saturated heterocycles. The molecule has 3 heterocycles. The molecule has 3 aliphatic rings. The second-order valence-corrected chi connectivity index (χ2v) is 8.40. The van der Waals surface area contributed by atoms with Crippen LogP contribution in [0, 0.1) is 5.92 Å². The molecule has 136 valence electrons. The molecule has 0 aliphatic carbocycles. The Bertz CT molecular complexity index is 585. The van der Waals surface area contributed by atoms with Crippen LogP contribution in [0.3, 0.4) is 0 Å². The van der Waals surface area contributed by atoms with Crippen LogP contribution in [0.25, 0.3) is 0 Å². The number of piperidine rings is 1. The molecule has 25 heavy (non-hydrogen) atoms. The SMILES string of the molecule is O=C(CC1CC2CCC(C1)N2)N1CCN(Cc2ccc(Cl)cc2)CC1. The molecule has 0 radical (unpaired) electrons. The third-order valence-corrected chi connectivity index (χ3v) is 6.33. The number of carbonyl (C=O) groups excluding carboxylic acids is 1. The molecule has 1 aromatic carbocycles. The molecule has 2 bridgehead atoms. The summed E-state index contributed by atoms with van der Waals surface area (Å²) in [4.78, 5) is 17.2. The zero-order chi connectivity index (χ0) is 17.2. The summed E-state index contributed by atoms with van der Waals surface area (Å²) >= 11 is 5.95. The monoisotopic (exact) mass is 361 g/mol. The third kappa shape index (κ3) is 4.36. The number of halogens is 1. The van der Waals surface area contributed by atoms with Gasteiger partial charge in [0.25, 0.3) is 0 Å². The number of piperazine rings is 1. The highest BCUT2D eigenvalue weighted by atomic mass is 35.5. The number of benzene rings is 1. The molecule has 2 unspecified atom stereocenters. The summed E-state index contributed by atoms with van der Waals surface area (Å²) < 4.78 is 0. The van der Waals surface area contributed by atoms with E-state index in [9.17, 15) is 4.79 Å². The molecule has 1 aromatic rings. The van der Waals surface area contributed by atoms with Crippen molar-refractivity contribution >= 4 is 17.5 Å². The Morgan fingerprint density at radius 3 is 2.32 bits per heavy atom. The highest BCUT2D eigenvalue weighted by molar-refractivity contribution is 6.30. The van der Waals surface area contributed by atoms with Gasteiger partial charge in [0.2, 0.25) is 5.91 Å². The minimum atomic E-state index is 0.373. The summed E-state index contributed by atoms with van der Waals surface area (Å²) in [5, 5.41) is 4.45. The van der Waals surface area contributed by atoms with Gasteiger partial charge in [0, 0.05) is 56.3 Å². The number of carbonyl (C=O) groups is 1. The zero-order valence-corrected chi connectivity index (χ0v) is 15.5. The largest absolute Gasteiger partial charge is 0.340 e. The Morgan fingerprint density at radius 2 is 1.68 bits per heavy atom. The van der Waals surface area contributed by atoms with Crippen LogP contribution in [0.4, 0.5) is 0 Å². The minimum Gasteiger partial charge on any atom is -0.340 e. The maximum Gasteiger partial charge on any atom is 0.222 e. The number of hydrogen-bond donors (Lipinski definition) is 1. The number of hydrogen-bond acceptors (Lipinski definition) is 3. The van der Waals surface area contributed by atoms with Crippen molar-refractivity contribution in [2.24, 2.45) is 5.92 Å². The van der Waals surface area contributed by atoms with Crippen LogP contribution in [-0.4, -0.2) is 54.0 Å². The molecule has 3 fully saturated rings. The van der Waals surface area contributed by atoms with E-state index in [2.05, 4.69) is 27.2 Å². The van der Waals surface area contributed by atoms with E-state index in [4.69, 9.17) is 11.6 Å². The highest BCUT2D eigenvalue weighted by Crippen LogP contribution is 2.33. The molecule has 0 saturated carbocycles. The second kappa shape index (κ2) is 7.65. The lowest BCUT2D eigenvalue weighted by atomic mass is 9.89. The van der Waals surface area contributed by atoms with Crippen molar-refractivity contribution in [2.45, 2.75) is 50.7 Å². The van der Waals surface area contributed by atoms with Crippen LogP contribution in [0.1, 0.15) is 37.7 Å². The number of amides is 1. The second-order valence-electron chi connectivity index (χ2n) is 7.96. The van der Waals surface area contributed by atoms with Crippen LogP contribution in [0.5, 0.6) is 0 Å². The molecular formula is C20H28ClN3O. The molecular weight excluding hydrogens is 334 g/mol. The van der Waals surface area contributed by atoms with Gasteiger partial charge in [-0.25, -0.2) is 0 Å². The summed E-state index contributed by atoms with van der Waals surface area (Å²) in [7, 11) is 0. The molecule has 0 aromatic heterocycles. The molecule has 2 atom stereocenters. The predicted molar refractivity (Wildman–Crippen MR) is 101 cm³/mol. The van der Waals surface area contributed by atoms with Crippen LogP contribution in [0.2, 0.25) is 5.02 Å². The number of nitrogens with one attached hydrogen (secondary N) is 1. The molecule has 1 N–H and O–H groups in total. The fourth-order valence-corrected chi connectivity index (χ4v) is 4.85. The fraction of sp³-hybridized carbons (Fsp3) is 0.650. The van der Waals surface area contributed by atoms with Crippen LogP contribution < -0.4 is 5.32 Å². The lowest BCUT2D eigenvalue weighted by molar-refractivity contribution is -0.134. The van der Waals surface area contributed by atoms with Gasteiger partial charge < -0.3 is 10.2 Å². The summed E-state index contributed by atoms with van der Waals surface area (Å²) in [6.07, 6.45) is 5.75. The van der Waals surface area contributed by atoms with E-state index in [1.807, 2.05) is 12.1 Å². The van der Waals surface area contributed by atoms with E-state index in [0.29, 0.717) is 23.9 Å². The third-order valence-electron chi connectivity index (χ3n) is 6.08. The quantitative estimate of drug-likeness (QED) is 0.895. The van der Waals surface area contributed by atoms with Gasteiger partial charge in [-0.2, -0.15) is 0 Å². The first kappa shape index (κ1) is 17.3. The van der Waals surface area contributed by atoms with Crippen molar-refractivity contribution in [3.8, 4) is 0 Å². The first-order valence-corrected chi connectivity index (χ1v) is 10.0. The van der Waals surface area contributed by atoms with Crippen molar-refractivity contribution < 1.29 is 4.79 Å². The first-order valence-electron chi connectivity index (χ1n) is 9.66. The van der Waals surface area contributed by atoms with Crippen LogP contribution in [-0.2, 0) is 11.3 Å². The van der Waals surface area contributed by atoms with E-state index >= 15 is 0 Å². The molecule has 4 nitrogen and oxygen atoms in total. The minimum absolute atomic E-state index is 0.373. The molecule has 3 aliphatic heterocycles. The first-order chi connectivity index (χ1) is 12.2. The van der Waals surface area contributed by atoms with Gasteiger partial charge in [0.15, 0.2) is 0 Å². The van der Waals surface area contributed by atoms with E-state index in [-0.39, 0.29) is 0 Å². The average molecular weight is 362 g/mol. The van der Waals surface area contributed by atoms with Gasteiger partial charge in [0.05, 0.1) is 0 Å². The Hall–Kier alpha value is -1.10. The smallest absolute Gasteiger partial charge is 0.222 e. The lowest BCUT2D eigenvalue weighted by Gasteiger charge is -2.36. The van der Waals surface area contributed by atoms with E-state index in [0.717, 1.165) is 44.2 Å². The highest BCUT2D eigenvalue weighted by Gasteiger charge is 2.35. The Morgan fingerprint density at radius 1 is 1.04 bits per heavy atom. The standard InChI is InChI=1S/C20H28ClN3O/c21-17-3-1-15(2-4-17)14-23-7-9-24(10-8-23)20(25)13-16-11-18-5-6-19(12-16)22-18/h1-4,16,18-19,22H,5-14H2. The van der Waals surface area contributed by atoms with E-state index in [1.54, 1.807) is 0 Å². The van der Waals surface area contributed by atoms with Crippen molar-refractivity contribution in [3.63, 3.8) is 0 Å². The Labute approximate surface area is 155 Å². The van der Waals surface area contributed by atoms with Gasteiger partial charge in [-0.15, -0.1) is 0 Å². The number of rotatable bonds is 4. The van der Waals surface area contributed by atoms with Crippen molar-refractivity contribution in [1.82, 2.24) is 15.1 Å². The molecule has 5 heteroatoms. The average Bonchev–Trinajstić information content (AvgIpc) is 2.96. The van der Waals surface area contributed by atoms with Crippen LogP contribution in [0.15, 0.2) is 24.3 Å². The summed E-state index contributed by atoms with van der Waals surface area (Å²) in [6.45, 7) is 4.60. The predicted octanol–water partition coefficient (Wildman–Crippen LogP) is 2.90. The maximum atomic E-state index is 12.7. The van der Waals surface area contributed by atoms with Gasteiger partial charge in [0.1, 0.15) is 0 Å². The summed E-state index contributed by atoms with van der Waals surface area (Å²) in [5.41, 5.74) is 1.29. The normalized spacial score (nSPS) is 29.8. The van der Waals surface area contributed by atoms with Gasteiger partial charge in [-0.05, 0) is 49.3 Å². The van der Waals surface area contributed by atoms with E-state index < -0.39 is 0 Å². The van der Waals surface area contributed by atoms with Gasteiger partial charge in [-0.1, -0.05) is 23.7 Å². The summed E-state index contributed by atoms with van der Waals surface area (Å²) in [5.74, 6) is 0.968. The van der Waals surface area contributed by atoms with Crippen molar-refractivity contribution in [3.05, 3.63) is 34.9 Å². The number of nitrogens with zero attached hydrogens (tertiary/aromatic N) is 2. The zero-order valence-electron chi connectivity index (χ0n) is 14.8. The van der Waals surface area contributed by atoms with Crippen molar-refractivity contribution in [2.75, 3.05) is 26.2 Å². The number of fused-ring (bicyclic) bond motifs is 2. The molecule has 0 spiro atoms. The van der Waals surface area contributed by atoms with Crippen LogP contribution >= 0.6 is 11.6 Å². The van der Waals surface area contributed by atoms with Gasteiger partial charge >= 0.3 is 0 Å². The van der Waals surface area contributed by atoms with Crippen molar-refractivity contribution in [1.29, 1.82) is 0 Å². The fourth-order valence-electron chi connectivity index (χ4n) is 4.72. The Kier molecular flexibility index (Phi) is 5.30.